The topological polar surface area (TPSA) is 0 Å². The SMILES string of the molecule is CCCC1(CCCC(C)C)CCCC1C. The lowest BCUT2D eigenvalue weighted by atomic mass is 9.71. The molecule has 0 saturated heterocycles. The van der Waals surface area contributed by atoms with E-state index >= 15 is 0 Å². The maximum absolute atomic E-state index is 2.50. The fraction of sp³-hybridized carbons (Fsp3) is 1.00. The molecule has 1 fully saturated rings. The summed E-state index contributed by atoms with van der Waals surface area (Å²) < 4.78 is 0. The van der Waals surface area contributed by atoms with Crippen molar-refractivity contribution >= 4 is 0 Å². The third-order valence-electron chi connectivity index (χ3n) is 4.56. The van der Waals surface area contributed by atoms with Gasteiger partial charge in [0.2, 0.25) is 0 Å². The summed E-state index contributed by atoms with van der Waals surface area (Å²) in [6.07, 6.45) is 11.7. The van der Waals surface area contributed by atoms with Gasteiger partial charge < -0.3 is 0 Å². The molecule has 0 bridgehead atoms. The number of hydrogen-bond donors (Lipinski definition) is 0. The van der Waals surface area contributed by atoms with Crippen molar-refractivity contribution in [3.8, 4) is 0 Å². The predicted octanol–water partition coefficient (Wildman–Crippen LogP) is 5.42. The van der Waals surface area contributed by atoms with Crippen LogP contribution in [0.5, 0.6) is 0 Å². The monoisotopic (exact) mass is 210 g/mol. The number of hydrogen-bond acceptors (Lipinski definition) is 0. The Morgan fingerprint density at radius 1 is 1.27 bits per heavy atom. The molecule has 2 unspecified atom stereocenters. The predicted molar refractivity (Wildman–Crippen MR) is 69.0 cm³/mol. The average molecular weight is 210 g/mol. The molecule has 0 spiro atoms. The molecule has 0 aliphatic heterocycles. The Morgan fingerprint density at radius 2 is 2.00 bits per heavy atom. The minimum atomic E-state index is 0.740. The van der Waals surface area contributed by atoms with Crippen molar-refractivity contribution in [2.24, 2.45) is 17.3 Å². The van der Waals surface area contributed by atoms with Gasteiger partial charge in [-0.05, 0) is 36.5 Å². The highest BCUT2D eigenvalue weighted by atomic mass is 14.4. The van der Waals surface area contributed by atoms with Gasteiger partial charge in [0, 0.05) is 0 Å². The standard InChI is InChI=1S/C15H30/c1-5-10-15(11-6-8-13(2)3)12-7-9-14(15)4/h13-14H,5-12H2,1-4H3. The summed E-state index contributed by atoms with van der Waals surface area (Å²) >= 11 is 0. The van der Waals surface area contributed by atoms with Crippen molar-refractivity contribution in [3.05, 3.63) is 0 Å². The van der Waals surface area contributed by atoms with Gasteiger partial charge in [0.05, 0.1) is 0 Å². The molecule has 0 aromatic carbocycles. The Kier molecular flexibility index (Phi) is 5.15. The normalized spacial score (nSPS) is 31.4. The zero-order valence-corrected chi connectivity index (χ0v) is 11.3. The minimum absolute atomic E-state index is 0.740. The zero-order valence-electron chi connectivity index (χ0n) is 11.3. The lowest BCUT2D eigenvalue weighted by Crippen LogP contribution is -2.23. The average Bonchev–Trinajstić information content (AvgIpc) is 2.48. The van der Waals surface area contributed by atoms with Gasteiger partial charge in [-0.3, -0.25) is 0 Å². The second-order valence-corrected chi connectivity index (χ2v) is 6.19. The second kappa shape index (κ2) is 5.92. The molecule has 0 heterocycles. The third kappa shape index (κ3) is 3.50. The van der Waals surface area contributed by atoms with Crippen molar-refractivity contribution < 1.29 is 0 Å². The molecule has 0 N–H and O–H groups in total. The Bertz CT molecular complexity index is 171. The van der Waals surface area contributed by atoms with Gasteiger partial charge >= 0.3 is 0 Å². The van der Waals surface area contributed by atoms with Gasteiger partial charge in [0.15, 0.2) is 0 Å². The van der Waals surface area contributed by atoms with Crippen LogP contribution >= 0.6 is 0 Å². The van der Waals surface area contributed by atoms with Crippen molar-refractivity contribution in [2.75, 3.05) is 0 Å². The summed E-state index contributed by atoms with van der Waals surface area (Å²) in [5, 5.41) is 0. The fourth-order valence-corrected chi connectivity index (χ4v) is 3.54. The molecule has 1 aliphatic rings. The number of rotatable bonds is 6. The molecule has 0 aromatic heterocycles. The molecule has 1 rings (SSSR count). The van der Waals surface area contributed by atoms with Crippen LogP contribution < -0.4 is 0 Å². The van der Waals surface area contributed by atoms with Gasteiger partial charge in [-0.15, -0.1) is 0 Å². The van der Waals surface area contributed by atoms with Gasteiger partial charge in [-0.2, -0.15) is 0 Å². The van der Waals surface area contributed by atoms with E-state index in [-0.39, 0.29) is 0 Å². The largest absolute Gasteiger partial charge is 0.0654 e. The highest BCUT2D eigenvalue weighted by molar-refractivity contribution is 4.89. The van der Waals surface area contributed by atoms with Crippen molar-refractivity contribution in [2.45, 2.75) is 79.1 Å². The van der Waals surface area contributed by atoms with Crippen LogP contribution in [0.1, 0.15) is 79.1 Å². The van der Waals surface area contributed by atoms with Crippen LogP contribution in [0, 0.1) is 17.3 Å². The van der Waals surface area contributed by atoms with E-state index in [9.17, 15) is 0 Å². The van der Waals surface area contributed by atoms with Crippen LogP contribution in [0.3, 0.4) is 0 Å². The van der Waals surface area contributed by atoms with Gasteiger partial charge in [-0.1, -0.05) is 59.8 Å². The molecule has 1 aliphatic carbocycles. The van der Waals surface area contributed by atoms with E-state index in [1.54, 1.807) is 0 Å². The fourth-order valence-electron chi connectivity index (χ4n) is 3.54. The summed E-state index contributed by atoms with van der Waals surface area (Å²) in [7, 11) is 0. The minimum Gasteiger partial charge on any atom is -0.0654 e. The third-order valence-corrected chi connectivity index (χ3v) is 4.56. The first-order valence-corrected chi connectivity index (χ1v) is 7.10. The van der Waals surface area contributed by atoms with Crippen LogP contribution in [0.4, 0.5) is 0 Å². The van der Waals surface area contributed by atoms with Crippen LogP contribution in [-0.4, -0.2) is 0 Å². The molecule has 0 nitrogen and oxygen atoms in total. The van der Waals surface area contributed by atoms with Gasteiger partial charge in [-0.25, -0.2) is 0 Å². The lowest BCUT2D eigenvalue weighted by molar-refractivity contribution is 0.167. The molecular weight excluding hydrogens is 180 g/mol. The van der Waals surface area contributed by atoms with Gasteiger partial charge in [0.25, 0.3) is 0 Å². The van der Waals surface area contributed by atoms with Crippen molar-refractivity contribution in [3.63, 3.8) is 0 Å². The summed E-state index contributed by atoms with van der Waals surface area (Å²) in [6.45, 7) is 9.56. The first-order valence-electron chi connectivity index (χ1n) is 7.10. The molecule has 90 valence electrons. The smallest absolute Gasteiger partial charge is 0.0272 e. The van der Waals surface area contributed by atoms with E-state index < -0.39 is 0 Å². The molecule has 2 atom stereocenters. The quantitative estimate of drug-likeness (QED) is 0.549. The summed E-state index contributed by atoms with van der Waals surface area (Å²) in [5.74, 6) is 1.88. The molecule has 1 saturated carbocycles. The van der Waals surface area contributed by atoms with E-state index in [0.29, 0.717) is 0 Å². The molecule has 0 radical (unpaired) electrons. The maximum atomic E-state index is 2.50. The van der Waals surface area contributed by atoms with Gasteiger partial charge in [0.1, 0.15) is 0 Å². The van der Waals surface area contributed by atoms with Crippen LogP contribution in [-0.2, 0) is 0 Å². The summed E-state index contributed by atoms with van der Waals surface area (Å²) in [5.41, 5.74) is 0.740. The Labute approximate surface area is 96.8 Å². The van der Waals surface area contributed by atoms with E-state index in [0.717, 1.165) is 17.3 Å². The Hall–Kier alpha value is 0. The van der Waals surface area contributed by atoms with E-state index in [1.165, 1.54) is 51.4 Å². The van der Waals surface area contributed by atoms with Crippen LogP contribution in [0.2, 0.25) is 0 Å². The lowest BCUT2D eigenvalue weighted by Gasteiger charge is -2.34. The molecular formula is C15H30. The highest BCUT2D eigenvalue weighted by Gasteiger charge is 2.38. The first kappa shape index (κ1) is 13.1. The van der Waals surface area contributed by atoms with Crippen LogP contribution in [0.15, 0.2) is 0 Å². The summed E-state index contributed by atoms with van der Waals surface area (Å²) in [6, 6.07) is 0. The Morgan fingerprint density at radius 3 is 2.47 bits per heavy atom. The van der Waals surface area contributed by atoms with Crippen LogP contribution in [0.25, 0.3) is 0 Å². The molecule has 15 heavy (non-hydrogen) atoms. The van der Waals surface area contributed by atoms with E-state index in [2.05, 4.69) is 27.7 Å². The second-order valence-electron chi connectivity index (χ2n) is 6.19. The molecule has 0 heteroatoms. The zero-order chi connectivity index (χ0) is 11.3. The highest BCUT2D eigenvalue weighted by Crippen LogP contribution is 2.50. The summed E-state index contributed by atoms with van der Waals surface area (Å²) in [4.78, 5) is 0. The molecule has 0 amide bonds. The maximum Gasteiger partial charge on any atom is -0.0272 e. The Balaban J connectivity index is 2.43. The molecule has 0 aromatic rings. The van der Waals surface area contributed by atoms with E-state index in [1.807, 2.05) is 0 Å². The van der Waals surface area contributed by atoms with Crippen molar-refractivity contribution in [1.82, 2.24) is 0 Å². The van der Waals surface area contributed by atoms with Crippen molar-refractivity contribution in [1.29, 1.82) is 0 Å². The van der Waals surface area contributed by atoms with E-state index in [4.69, 9.17) is 0 Å². The first-order chi connectivity index (χ1) is 7.10.